The van der Waals surface area contributed by atoms with Crippen LogP contribution >= 0.6 is 27.5 Å². The average molecular weight is 324 g/mol. The lowest BCUT2D eigenvalue weighted by molar-refractivity contribution is -0.140. The Hall–Kier alpha value is -0.430. The van der Waals surface area contributed by atoms with Crippen LogP contribution in [0.1, 0.15) is 23.2 Å². The lowest BCUT2D eigenvalue weighted by Gasteiger charge is -2.16. The first-order valence-corrected chi connectivity index (χ1v) is 5.37. The van der Waals surface area contributed by atoms with Crippen molar-refractivity contribution in [2.24, 2.45) is 0 Å². The molecule has 90 valence electrons. The van der Waals surface area contributed by atoms with Crippen LogP contribution in [0.4, 0.5) is 22.0 Å². The molecule has 1 heterocycles. The first kappa shape index (κ1) is 13.6. The summed E-state index contributed by atoms with van der Waals surface area (Å²) in [6.45, 7) is 0. The van der Waals surface area contributed by atoms with Crippen LogP contribution in [0, 0.1) is 0 Å². The summed E-state index contributed by atoms with van der Waals surface area (Å²) in [7, 11) is 0. The Morgan fingerprint density at radius 3 is 2.31 bits per heavy atom. The van der Waals surface area contributed by atoms with Crippen molar-refractivity contribution in [3.05, 3.63) is 28.0 Å². The maximum Gasteiger partial charge on any atom is 0.418 e. The van der Waals surface area contributed by atoms with E-state index in [-0.39, 0.29) is 10.4 Å². The first-order chi connectivity index (χ1) is 7.29. The van der Waals surface area contributed by atoms with Gasteiger partial charge in [-0.25, -0.2) is 8.78 Å². The van der Waals surface area contributed by atoms with Gasteiger partial charge < -0.3 is 0 Å². The third kappa shape index (κ3) is 2.63. The van der Waals surface area contributed by atoms with E-state index in [0.29, 0.717) is 0 Å². The van der Waals surface area contributed by atoms with Crippen LogP contribution in [0.2, 0.25) is 5.02 Å². The van der Waals surface area contributed by atoms with Gasteiger partial charge in [-0.15, -0.1) is 0 Å². The molecule has 0 aromatic carbocycles. The molecule has 1 rings (SSSR count). The van der Waals surface area contributed by atoms with Gasteiger partial charge in [0.05, 0.1) is 10.6 Å². The molecule has 0 amide bonds. The van der Waals surface area contributed by atoms with E-state index in [2.05, 4.69) is 20.9 Å². The number of halogens is 7. The zero-order chi connectivity index (χ0) is 12.5. The Labute approximate surface area is 101 Å². The highest BCUT2D eigenvalue weighted by Gasteiger charge is 2.39. The van der Waals surface area contributed by atoms with E-state index in [1.54, 1.807) is 0 Å². The Kier molecular flexibility index (Phi) is 4.12. The third-order valence-corrected chi connectivity index (χ3v) is 2.67. The third-order valence-electron chi connectivity index (χ3n) is 1.79. The fourth-order valence-electron chi connectivity index (χ4n) is 1.16. The van der Waals surface area contributed by atoms with Gasteiger partial charge in [0.25, 0.3) is 6.43 Å². The molecular formula is C8H4BrClF5N. The van der Waals surface area contributed by atoms with Gasteiger partial charge in [0.15, 0.2) is 0 Å². The quantitative estimate of drug-likeness (QED) is 0.573. The number of alkyl halides is 6. The molecule has 8 heteroatoms. The lowest BCUT2D eigenvalue weighted by atomic mass is 10.1. The second kappa shape index (κ2) is 4.83. The van der Waals surface area contributed by atoms with E-state index in [1.165, 1.54) is 0 Å². The summed E-state index contributed by atoms with van der Waals surface area (Å²) in [6.07, 6.45) is -7.42. The van der Waals surface area contributed by atoms with Crippen molar-refractivity contribution in [3.8, 4) is 0 Å². The molecule has 0 atom stereocenters. The van der Waals surface area contributed by atoms with Crippen molar-refractivity contribution in [2.45, 2.75) is 17.9 Å². The van der Waals surface area contributed by atoms with E-state index in [9.17, 15) is 22.0 Å². The second-order valence-corrected chi connectivity index (χ2v) is 3.74. The predicted octanol–water partition coefficient (Wildman–Crippen LogP) is 4.59. The zero-order valence-corrected chi connectivity index (χ0v) is 9.80. The Morgan fingerprint density at radius 2 is 1.94 bits per heavy atom. The van der Waals surface area contributed by atoms with Crippen LogP contribution in [0.5, 0.6) is 0 Å². The van der Waals surface area contributed by atoms with E-state index >= 15 is 0 Å². The summed E-state index contributed by atoms with van der Waals surface area (Å²) < 4.78 is 62.5. The van der Waals surface area contributed by atoms with Crippen LogP contribution in [-0.4, -0.2) is 4.98 Å². The fourth-order valence-corrected chi connectivity index (χ4v) is 2.11. The second-order valence-electron chi connectivity index (χ2n) is 2.78. The Bertz CT molecular complexity index is 393. The molecule has 0 fully saturated rings. The molecule has 1 nitrogen and oxygen atoms in total. The van der Waals surface area contributed by atoms with Crippen LogP contribution in [-0.2, 0) is 11.5 Å². The minimum absolute atomic E-state index is 0.275. The maximum absolute atomic E-state index is 12.6. The molecule has 0 aliphatic rings. The SMILES string of the molecule is FC(F)c1ncc(Cl)c(CBr)c1C(F)(F)F. The number of nitrogens with zero attached hydrogens (tertiary/aromatic N) is 1. The molecule has 1 aromatic rings. The van der Waals surface area contributed by atoms with E-state index in [0.717, 1.165) is 6.20 Å². The van der Waals surface area contributed by atoms with Crippen molar-refractivity contribution in [3.63, 3.8) is 0 Å². The van der Waals surface area contributed by atoms with Crippen LogP contribution in [0.25, 0.3) is 0 Å². The molecule has 0 spiro atoms. The monoisotopic (exact) mass is 323 g/mol. The van der Waals surface area contributed by atoms with Crippen molar-refractivity contribution in [1.82, 2.24) is 4.98 Å². The average Bonchev–Trinajstić information content (AvgIpc) is 2.15. The van der Waals surface area contributed by atoms with Crippen molar-refractivity contribution in [2.75, 3.05) is 0 Å². The highest BCUT2D eigenvalue weighted by atomic mass is 79.9. The number of hydrogen-bond acceptors (Lipinski definition) is 1. The predicted molar refractivity (Wildman–Crippen MR) is 51.8 cm³/mol. The molecule has 0 N–H and O–H groups in total. The van der Waals surface area contributed by atoms with Crippen LogP contribution in [0.15, 0.2) is 6.20 Å². The molecule has 0 radical (unpaired) electrons. The van der Waals surface area contributed by atoms with Gasteiger partial charge in [0, 0.05) is 11.5 Å². The van der Waals surface area contributed by atoms with Crippen molar-refractivity contribution >= 4 is 27.5 Å². The summed E-state index contributed by atoms with van der Waals surface area (Å²) in [5, 5.41) is -0.572. The zero-order valence-electron chi connectivity index (χ0n) is 7.45. The number of rotatable bonds is 2. The van der Waals surface area contributed by atoms with Crippen molar-refractivity contribution < 1.29 is 22.0 Å². The largest absolute Gasteiger partial charge is 0.418 e. The molecule has 16 heavy (non-hydrogen) atoms. The fraction of sp³-hybridized carbons (Fsp3) is 0.375. The summed E-state index contributed by atoms with van der Waals surface area (Å²) in [6, 6.07) is 0. The molecule has 0 unspecified atom stereocenters. The summed E-state index contributed by atoms with van der Waals surface area (Å²) in [4.78, 5) is 3.03. The van der Waals surface area contributed by atoms with Gasteiger partial charge >= 0.3 is 6.18 Å². The van der Waals surface area contributed by atoms with Gasteiger partial charge in [0.1, 0.15) is 5.69 Å². The first-order valence-electron chi connectivity index (χ1n) is 3.87. The summed E-state index contributed by atoms with van der Waals surface area (Å²) in [5.74, 6) is 0. The van der Waals surface area contributed by atoms with E-state index in [4.69, 9.17) is 11.6 Å². The lowest BCUT2D eigenvalue weighted by Crippen LogP contribution is -2.15. The van der Waals surface area contributed by atoms with Gasteiger partial charge in [-0.05, 0) is 5.56 Å². The Balaban J connectivity index is 3.54. The smallest absolute Gasteiger partial charge is 0.253 e. The highest BCUT2D eigenvalue weighted by molar-refractivity contribution is 9.08. The highest BCUT2D eigenvalue weighted by Crippen LogP contribution is 2.40. The molecule has 0 bridgehead atoms. The molecule has 0 saturated carbocycles. The van der Waals surface area contributed by atoms with Crippen LogP contribution < -0.4 is 0 Å². The van der Waals surface area contributed by atoms with Gasteiger partial charge in [-0.2, -0.15) is 13.2 Å². The Morgan fingerprint density at radius 1 is 1.38 bits per heavy atom. The molecular weight excluding hydrogens is 320 g/mol. The van der Waals surface area contributed by atoms with Crippen LogP contribution in [0.3, 0.4) is 0 Å². The summed E-state index contributed by atoms with van der Waals surface area (Å²) in [5.41, 5.74) is -3.20. The van der Waals surface area contributed by atoms with E-state index in [1.807, 2.05) is 0 Å². The number of aromatic nitrogens is 1. The molecule has 0 saturated heterocycles. The minimum atomic E-state index is -4.91. The van der Waals surface area contributed by atoms with E-state index < -0.39 is 29.4 Å². The van der Waals surface area contributed by atoms with Gasteiger partial charge in [-0.3, -0.25) is 4.98 Å². The molecule has 0 aliphatic carbocycles. The summed E-state index contributed by atoms with van der Waals surface area (Å²) >= 11 is 8.25. The number of pyridine rings is 1. The molecule has 0 aliphatic heterocycles. The van der Waals surface area contributed by atoms with Gasteiger partial charge in [-0.1, -0.05) is 27.5 Å². The topological polar surface area (TPSA) is 12.9 Å². The minimum Gasteiger partial charge on any atom is -0.253 e. The maximum atomic E-state index is 12.6. The molecule has 1 aromatic heterocycles. The standard InChI is InChI=1S/C8H4BrClF5N/c9-1-3-4(10)2-16-6(7(11)12)5(3)8(13,14)15/h2,7H,1H2. The number of hydrogen-bond donors (Lipinski definition) is 0. The van der Waals surface area contributed by atoms with Crippen molar-refractivity contribution in [1.29, 1.82) is 0 Å². The normalized spacial score (nSPS) is 12.2. The van der Waals surface area contributed by atoms with Gasteiger partial charge in [0.2, 0.25) is 0 Å².